The van der Waals surface area contributed by atoms with Gasteiger partial charge in [-0.2, -0.15) is 4.31 Å². The molecule has 8 nitrogen and oxygen atoms in total. The van der Waals surface area contributed by atoms with Crippen molar-refractivity contribution in [3.63, 3.8) is 0 Å². The van der Waals surface area contributed by atoms with Crippen molar-refractivity contribution in [2.45, 2.75) is 17.7 Å². The van der Waals surface area contributed by atoms with Gasteiger partial charge in [0.25, 0.3) is 5.91 Å². The van der Waals surface area contributed by atoms with Gasteiger partial charge in [-0.05, 0) is 37.1 Å². The van der Waals surface area contributed by atoms with E-state index < -0.39 is 27.8 Å². The Balaban J connectivity index is 1.61. The molecule has 2 aromatic rings. The largest absolute Gasteiger partial charge is 0.288 e. The molecule has 1 saturated heterocycles. The number of rotatable bonds is 4. The first kappa shape index (κ1) is 19.0. The van der Waals surface area contributed by atoms with Crippen molar-refractivity contribution < 1.29 is 18.0 Å². The first-order chi connectivity index (χ1) is 13.0. The zero-order valence-corrected chi connectivity index (χ0v) is 15.4. The molecule has 0 radical (unpaired) electrons. The van der Waals surface area contributed by atoms with Crippen LogP contribution in [0.15, 0.2) is 59.6 Å². The van der Waals surface area contributed by atoms with Crippen molar-refractivity contribution in [3.05, 3.63) is 60.4 Å². The fraction of sp³-hybridized carbons (Fsp3) is 0.278. The molecule has 1 unspecified atom stereocenters. The Bertz CT molecular complexity index is 903. The molecule has 1 atom stereocenters. The number of aromatic nitrogens is 1. The number of piperidine rings is 1. The van der Waals surface area contributed by atoms with E-state index in [4.69, 9.17) is 0 Å². The number of hydrazine groups is 1. The van der Waals surface area contributed by atoms with E-state index in [2.05, 4.69) is 15.8 Å². The molecular weight excluding hydrogens is 368 g/mol. The van der Waals surface area contributed by atoms with E-state index in [1.807, 2.05) is 0 Å². The molecule has 1 fully saturated rings. The number of hydrogen-bond acceptors (Lipinski definition) is 5. The Hall–Kier alpha value is -2.78. The molecule has 0 spiro atoms. The van der Waals surface area contributed by atoms with Gasteiger partial charge in [-0.15, -0.1) is 0 Å². The van der Waals surface area contributed by atoms with Crippen molar-refractivity contribution in [1.82, 2.24) is 20.1 Å². The van der Waals surface area contributed by atoms with E-state index in [9.17, 15) is 18.0 Å². The Morgan fingerprint density at radius 1 is 1.04 bits per heavy atom. The summed E-state index contributed by atoms with van der Waals surface area (Å²) < 4.78 is 26.8. The molecule has 1 aliphatic heterocycles. The SMILES string of the molecule is O=C(NNC(=O)C1CCCN(S(=O)(=O)c2ccccc2)C1)c1ccccn1. The number of pyridine rings is 1. The normalized spacial score (nSPS) is 17.9. The van der Waals surface area contributed by atoms with Gasteiger partial charge in [0, 0.05) is 19.3 Å². The van der Waals surface area contributed by atoms with Crippen LogP contribution in [0.5, 0.6) is 0 Å². The molecular formula is C18H20N4O4S. The van der Waals surface area contributed by atoms with Crippen LogP contribution in [-0.2, 0) is 14.8 Å². The summed E-state index contributed by atoms with van der Waals surface area (Å²) in [7, 11) is -3.65. The molecule has 2 N–H and O–H groups in total. The summed E-state index contributed by atoms with van der Waals surface area (Å²) in [5.41, 5.74) is 4.85. The van der Waals surface area contributed by atoms with Crippen LogP contribution >= 0.6 is 0 Å². The molecule has 1 aromatic carbocycles. The molecule has 3 rings (SSSR count). The van der Waals surface area contributed by atoms with Gasteiger partial charge in [0.1, 0.15) is 5.69 Å². The predicted molar refractivity (Wildman–Crippen MR) is 97.8 cm³/mol. The Morgan fingerprint density at radius 2 is 1.78 bits per heavy atom. The van der Waals surface area contributed by atoms with Gasteiger partial charge in [-0.25, -0.2) is 8.42 Å². The highest BCUT2D eigenvalue weighted by Gasteiger charge is 2.33. The maximum absolute atomic E-state index is 12.7. The van der Waals surface area contributed by atoms with Crippen LogP contribution in [0.4, 0.5) is 0 Å². The highest BCUT2D eigenvalue weighted by Crippen LogP contribution is 2.23. The molecule has 9 heteroatoms. The molecule has 0 bridgehead atoms. The van der Waals surface area contributed by atoms with Crippen molar-refractivity contribution in [2.24, 2.45) is 5.92 Å². The van der Waals surface area contributed by atoms with Gasteiger partial charge in [-0.1, -0.05) is 24.3 Å². The monoisotopic (exact) mass is 388 g/mol. The van der Waals surface area contributed by atoms with Gasteiger partial charge >= 0.3 is 0 Å². The van der Waals surface area contributed by atoms with Crippen LogP contribution in [0.1, 0.15) is 23.3 Å². The molecule has 1 aliphatic rings. The number of sulfonamides is 1. The molecule has 1 aromatic heterocycles. The smallest absolute Gasteiger partial charge is 0.273 e. The van der Waals surface area contributed by atoms with Gasteiger partial charge in [-0.3, -0.25) is 25.4 Å². The van der Waals surface area contributed by atoms with Crippen molar-refractivity contribution >= 4 is 21.8 Å². The predicted octanol–water partition coefficient (Wildman–Crippen LogP) is 0.943. The van der Waals surface area contributed by atoms with Crippen molar-refractivity contribution in [1.29, 1.82) is 0 Å². The lowest BCUT2D eigenvalue weighted by molar-refractivity contribution is -0.126. The quantitative estimate of drug-likeness (QED) is 0.758. The minimum absolute atomic E-state index is 0.0719. The van der Waals surface area contributed by atoms with E-state index in [1.54, 1.807) is 30.3 Å². The van der Waals surface area contributed by atoms with Gasteiger partial charge in [0.05, 0.1) is 10.8 Å². The number of carbonyl (C=O) groups excluding carboxylic acids is 2. The van der Waals surface area contributed by atoms with E-state index in [-0.39, 0.29) is 17.1 Å². The van der Waals surface area contributed by atoms with Crippen molar-refractivity contribution in [2.75, 3.05) is 13.1 Å². The van der Waals surface area contributed by atoms with Crippen LogP contribution in [0.2, 0.25) is 0 Å². The molecule has 0 aliphatic carbocycles. The number of amides is 2. The van der Waals surface area contributed by atoms with Crippen LogP contribution < -0.4 is 10.9 Å². The maximum Gasteiger partial charge on any atom is 0.288 e. The second kappa shape index (κ2) is 8.28. The van der Waals surface area contributed by atoms with Gasteiger partial charge in [0.15, 0.2) is 0 Å². The summed E-state index contributed by atoms with van der Waals surface area (Å²) in [6.07, 6.45) is 2.59. The zero-order valence-electron chi connectivity index (χ0n) is 14.5. The standard InChI is InChI=1S/C18H20N4O4S/c23-17(20-21-18(24)16-10-4-5-11-19-16)14-7-6-12-22(13-14)27(25,26)15-8-2-1-3-9-15/h1-5,8-11,14H,6-7,12-13H2,(H,20,23)(H,21,24). The minimum atomic E-state index is -3.65. The number of nitrogens with zero attached hydrogens (tertiary/aromatic N) is 2. The fourth-order valence-corrected chi connectivity index (χ4v) is 4.44. The second-order valence-electron chi connectivity index (χ2n) is 6.17. The molecule has 142 valence electrons. The lowest BCUT2D eigenvalue weighted by Crippen LogP contribution is -2.50. The Kier molecular flexibility index (Phi) is 5.82. The van der Waals surface area contributed by atoms with Gasteiger partial charge in [0.2, 0.25) is 15.9 Å². The highest BCUT2D eigenvalue weighted by atomic mass is 32.2. The Morgan fingerprint density at radius 3 is 2.48 bits per heavy atom. The summed E-state index contributed by atoms with van der Waals surface area (Å²) in [5.74, 6) is -1.50. The summed E-state index contributed by atoms with van der Waals surface area (Å²) in [6, 6.07) is 13.0. The maximum atomic E-state index is 12.7. The average Bonchev–Trinajstić information content (AvgIpc) is 2.73. The number of benzene rings is 1. The Labute approximate surface area is 157 Å². The van der Waals surface area contributed by atoms with E-state index >= 15 is 0 Å². The fourth-order valence-electron chi connectivity index (χ4n) is 2.90. The van der Waals surface area contributed by atoms with E-state index in [1.165, 1.54) is 28.7 Å². The van der Waals surface area contributed by atoms with Crippen LogP contribution in [0.25, 0.3) is 0 Å². The third-order valence-corrected chi connectivity index (χ3v) is 6.21. The lowest BCUT2D eigenvalue weighted by Gasteiger charge is -2.31. The molecule has 0 saturated carbocycles. The van der Waals surface area contributed by atoms with Crippen LogP contribution in [0.3, 0.4) is 0 Å². The lowest BCUT2D eigenvalue weighted by atomic mass is 9.99. The van der Waals surface area contributed by atoms with E-state index in [0.29, 0.717) is 19.4 Å². The summed E-state index contributed by atoms with van der Waals surface area (Å²) in [4.78, 5) is 28.4. The summed E-state index contributed by atoms with van der Waals surface area (Å²) in [6.45, 7) is 0.434. The van der Waals surface area contributed by atoms with Crippen LogP contribution in [-0.4, -0.2) is 42.6 Å². The summed E-state index contributed by atoms with van der Waals surface area (Å²) in [5, 5.41) is 0. The number of hydrogen-bond donors (Lipinski definition) is 2. The van der Waals surface area contributed by atoms with Gasteiger partial charge < -0.3 is 0 Å². The summed E-state index contributed by atoms with van der Waals surface area (Å²) >= 11 is 0. The molecule has 2 heterocycles. The first-order valence-electron chi connectivity index (χ1n) is 8.55. The van der Waals surface area contributed by atoms with Crippen molar-refractivity contribution in [3.8, 4) is 0 Å². The minimum Gasteiger partial charge on any atom is -0.273 e. The molecule has 27 heavy (non-hydrogen) atoms. The second-order valence-corrected chi connectivity index (χ2v) is 8.11. The number of nitrogens with one attached hydrogen (secondary N) is 2. The van der Waals surface area contributed by atoms with Crippen LogP contribution in [0, 0.1) is 5.92 Å². The zero-order chi connectivity index (χ0) is 19.3. The highest BCUT2D eigenvalue weighted by molar-refractivity contribution is 7.89. The topological polar surface area (TPSA) is 108 Å². The van der Waals surface area contributed by atoms with E-state index in [0.717, 1.165) is 0 Å². The average molecular weight is 388 g/mol. The first-order valence-corrected chi connectivity index (χ1v) is 9.99. The number of carbonyl (C=O) groups is 2. The third-order valence-electron chi connectivity index (χ3n) is 4.33. The molecule has 2 amide bonds. The third kappa shape index (κ3) is 4.50.